The molecule has 1 atom stereocenters. The van der Waals surface area contributed by atoms with E-state index in [-0.39, 0.29) is 0 Å². The number of ether oxygens (including phenoxy) is 1. The van der Waals surface area contributed by atoms with E-state index in [1.807, 2.05) is 0 Å². The summed E-state index contributed by atoms with van der Waals surface area (Å²) in [6.07, 6.45) is 3.93. The minimum atomic E-state index is 0.822. The lowest BCUT2D eigenvalue weighted by Gasteiger charge is -2.07. The molecule has 15 heavy (non-hydrogen) atoms. The Morgan fingerprint density at radius 3 is 2.73 bits per heavy atom. The zero-order valence-corrected chi connectivity index (χ0v) is 11.4. The molecule has 0 aromatic carbocycles. The maximum absolute atomic E-state index is 4.96. The average molecular weight is 233 g/mol. The Hall–Kier alpha value is 0.270. The molecule has 0 saturated carbocycles. The molecule has 0 aliphatic heterocycles. The van der Waals surface area contributed by atoms with E-state index in [2.05, 4.69) is 30.9 Å². The van der Waals surface area contributed by atoms with Crippen LogP contribution in [0, 0.1) is 5.92 Å². The summed E-state index contributed by atoms with van der Waals surface area (Å²) in [5.41, 5.74) is 0. The summed E-state index contributed by atoms with van der Waals surface area (Å²) in [7, 11) is 1.74. The second-order valence-electron chi connectivity index (χ2n) is 4.04. The maximum atomic E-state index is 4.96. The predicted molar refractivity (Wildman–Crippen MR) is 70.8 cm³/mol. The molecular weight excluding hydrogens is 206 g/mol. The second-order valence-corrected chi connectivity index (χ2v) is 5.19. The van der Waals surface area contributed by atoms with Gasteiger partial charge in [-0.1, -0.05) is 20.3 Å². The van der Waals surface area contributed by atoms with Crippen LogP contribution in [-0.4, -0.2) is 38.3 Å². The molecule has 0 spiro atoms. The molecular formula is C12H27NOS. The summed E-state index contributed by atoms with van der Waals surface area (Å²) in [5.74, 6) is 3.53. The van der Waals surface area contributed by atoms with Gasteiger partial charge in [0.1, 0.15) is 0 Å². The fourth-order valence-electron chi connectivity index (χ4n) is 1.16. The van der Waals surface area contributed by atoms with Gasteiger partial charge in [-0.15, -0.1) is 0 Å². The summed E-state index contributed by atoms with van der Waals surface area (Å²) >= 11 is 2.10. The fourth-order valence-corrected chi connectivity index (χ4v) is 2.37. The smallest absolute Gasteiger partial charge is 0.0587 e. The van der Waals surface area contributed by atoms with Crippen LogP contribution >= 0.6 is 11.8 Å². The zero-order chi connectivity index (χ0) is 11.4. The van der Waals surface area contributed by atoms with Crippen LogP contribution in [0.2, 0.25) is 0 Å². The Kier molecular flexibility index (Phi) is 12.6. The lowest BCUT2D eigenvalue weighted by molar-refractivity contribution is 0.199. The highest BCUT2D eigenvalue weighted by Gasteiger charge is 1.97. The number of thioether (sulfide) groups is 1. The Labute approximate surface area is 99.5 Å². The largest absolute Gasteiger partial charge is 0.383 e. The molecule has 0 aliphatic rings. The Morgan fingerprint density at radius 1 is 1.27 bits per heavy atom. The van der Waals surface area contributed by atoms with Crippen molar-refractivity contribution in [3.05, 3.63) is 0 Å². The molecule has 3 heteroatoms. The Bertz CT molecular complexity index is 122. The van der Waals surface area contributed by atoms with Gasteiger partial charge in [0.15, 0.2) is 0 Å². The van der Waals surface area contributed by atoms with E-state index in [1.165, 1.54) is 30.8 Å². The number of unbranched alkanes of at least 4 members (excludes halogenated alkanes) is 1. The van der Waals surface area contributed by atoms with Gasteiger partial charge in [0.25, 0.3) is 0 Å². The van der Waals surface area contributed by atoms with Crippen molar-refractivity contribution in [1.29, 1.82) is 0 Å². The van der Waals surface area contributed by atoms with Crippen LogP contribution in [0.5, 0.6) is 0 Å². The van der Waals surface area contributed by atoms with Gasteiger partial charge >= 0.3 is 0 Å². The van der Waals surface area contributed by atoms with Gasteiger partial charge in [0.05, 0.1) is 6.61 Å². The van der Waals surface area contributed by atoms with Crippen molar-refractivity contribution in [2.24, 2.45) is 5.92 Å². The van der Waals surface area contributed by atoms with Crippen molar-refractivity contribution in [3.63, 3.8) is 0 Å². The Balaban J connectivity index is 2.92. The third-order valence-electron chi connectivity index (χ3n) is 2.47. The third-order valence-corrected chi connectivity index (χ3v) is 3.86. The first-order valence-corrected chi connectivity index (χ1v) is 7.24. The van der Waals surface area contributed by atoms with Crippen molar-refractivity contribution in [3.8, 4) is 0 Å². The predicted octanol–water partition coefficient (Wildman–Crippen LogP) is 2.78. The van der Waals surface area contributed by atoms with Gasteiger partial charge in [-0.2, -0.15) is 11.8 Å². The van der Waals surface area contributed by atoms with Gasteiger partial charge in [-0.25, -0.2) is 0 Å². The normalized spacial score (nSPS) is 13.0. The number of methoxy groups -OCH3 is 1. The number of nitrogens with one attached hydrogen (secondary N) is 1. The third kappa shape index (κ3) is 12.2. The van der Waals surface area contributed by atoms with E-state index in [9.17, 15) is 0 Å². The molecule has 0 radical (unpaired) electrons. The number of rotatable bonds is 11. The lowest BCUT2D eigenvalue weighted by Crippen LogP contribution is -2.20. The van der Waals surface area contributed by atoms with Crippen LogP contribution in [0.25, 0.3) is 0 Å². The standard InChI is InChI=1S/C12H27NOS/c1-4-12(2)11-15-10-6-5-7-13-8-9-14-3/h12-13H,4-11H2,1-3H3. The summed E-state index contributed by atoms with van der Waals surface area (Å²) in [5, 5.41) is 3.36. The lowest BCUT2D eigenvalue weighted by atomic mass is 10.2. The average Bonchev–Trinajstić information content (AvgIpc) is 2.26. The van der Waals surface area contributed by atoms with Crippen LogP contribution < -0.4 is 5.32 Å². The van der Waals surface area contributed by atoms with Crippen LogP contribution in [0.4, 0.5) is 0 Å². The van der Waals surface area contributed by atoms with E-state index in [0.29, 0.717) is 0 Å². The summed E-state index contributed by atoms with van der Waals surface area (Å²) < 4.78 is 4.96. The van der Waals surface area contributed by atoms with Crippen LogP contribution in [0.15, 0.2) is 0 Å². The van der Waals surface area contributed by atoms with Crippen LogP contribution in [-0.2, 0) is 4.74 Å². The monoisotopic (exact) mass is 233 g/mol. The first kappa shape index (κ1) is 15.3. The van der Waals surface area contributed by atoms with Gasteiger partial charge in [-0.05, 0) is 36.8 Å². The molecule has 0 aliphatic carbocycles. The summed E-state index contributed by atoms with van der Waals surface area (Å²) in [4.78, 5) is 0. The van der Waals surface area contributed by atoms with Crippen molar-refractivity contribution in [1.82, 2.24) is 5.32 Å². The van der Waals surface area contributed by atoms with Crippen molar-refractivity contribution in [2.75, 3.05) is 38.3 Å². The molecule has 0 aromatic heterocycles. The van der Waals surface area contributed by atoms with Crippen LogP contribution in [0.1, 0.15) is 33.1 Å². The minimum Gasteiger partial charge on any atom is -0.383 e. The van der Waals surface area contributed by atoms with Crippen LogP contribution in [0.3, 0.4) is 0 Å². The molecule has 92 valence electrons. The van der Waals surface area contributed by atoms with E-state index < -0.39 is 0 Å². The molecule has 1 unspecified atom stereocenters. The van der Waals surface area contributed by atoms with E-state index in [0.717, 1.165) is 25.6 Å². The van der Waals surface area contributed by atoms with Gasteiger partial charge < -0.3 is 10.1 Å². The molecule has 1 N–H and O–H groups in total. The first-order valence-electron chi connectivity index (χ1n) is 6.08. The quantitative estimate of drug-likeness (QED) is 0.555. The summed E-state index contributed by atoms with van der Waals surface area (Å²) in [6, 6.07) is 0. The molecule has 2 nitrogen and oxygen atoms in total. The molecule has 0 bridgehead atoms. The highest BCUT2D eigenvalue weighted by atomic mass is 32.2. The highest BCUT2D eigenvalue weighted by Crippen LogP contribution is 2.12. The van der Waals surface area contributed by atoms with Gasteiger partial charge in [0, 0.05) is 13.7 Å². The Morgan fingerprint density at radius 2 is 2.07 bits per heavy atom. The summed E-state index contributed by atoms with van der Waals surface area (Å²) in [6.45, 7) is 7.54. The van der Waals surface area contributed by atoms with E-state index >= 15 is 0 Å². The molecule has 0 heterocycles. The molecule has 0 aromatic rings. The van der Waals surface area contributed by atoms with Crippen molar-refractivity contribution < 1.29 is 4.74 Å². The zero-order valence-electron chi connectivity index (χ0n) is 10.6. The van der Waals surface area contributed by atoms with Gasteiger partial charge in [0.2, 0.25) is 0 Å². The fraction of sp³-hybridized carbons (Fsp3) is 1.00. The SMILES string of the molecule is CCC(C)CSCCCCNCCOC. The van der Waals surface area contributed by atoms with Crippen molar-refractivity contribution in [2.45, 2.75) is 33.1 Å². The molecule has 0 fully saturated rings. The first-order chi connectivity index (χ1) is 7.31. The highest BCUT2D eigenvalue weighted by molar-refractivity contribution is 7.99. The number of hydrogen-bond acceptors (Lipinski definition) is 3. The van der Waals surface area contributed by atoms with Gasteiger partial charge in [-0.3, -0.25) is 0 Å². The second kappa shape index (κ2) is 12.3. The van der Waals surface area contributed by atoms with E-state index in [4.69, 9.17) is 4.74 Å². The van der Waals surface area contributed by atoms with E-state index in [1.54, 1.807) is 7.11 Å². The topological polar surface area (TPSA) is 21.3 Å². The molecule has 0 saturated heterocycles. The molecule has 0 rings (SSSR count). The maximum Gasteiger partial charge on any atom is 0.0587 e. The molecule has 0 amide bonds. The number of hydrogen-bond donors (Lipinski definition) is 1. The minimum absolute atomic E-state index is 0.822. The van der Waals surface area contributed by atoms with Crippen molar-refractivity contribution >= 4 is 11.8 Å².